The summed E-state index contributed by atoms with van der Waals surface area (Å²) in [7, 11) is 0. The summed E-state index contributed by atoms with van der Waals surface area (Å²) in [4.78, 5) is 18.1. The van der Waals surface area contributed by atoms with Crippen LogP contribution >= 0.6 is 0 Å². The number of carbonyl (C=O) groups is 1. The van der Waals surface area contributed by atoms with E-state index in [-0.39, 0.29) is 12.0 Å². The number of pyridine rings is 1. The molecule has 2 aromatic heterocycles. The van der Waals surface area contributed by atoms with Crippen molar-refractivity contribution in [2.75, 3.05) is 13.1 Å². The Morgan fingerprint density at radius 2 is 2.24 bits per heavy atom. The molecule has 0 aliphatic carbocycles. The second kappa shape index (κ2) is 6.30. The van der Waals surface area contributed by atoms with Gasteiger partial charge in [0.1, 0.15) is 6.10 Å². The van der Waals surface area contributed by atoms with Crippen molar-refractivity contribution in [3.05, 3.63) is 48.4 Å². The predicted molar refractivity (Wildman–Crippen MR) is 75.6 cm³/mol. The number of amides is 1. The van der Waals surface area contributed by atoms with E-state index in [1.165, 1.54) is 0 Å². The van der Waals surface area contributed by atoms with Crippen LogP contribution in [-0.4, -0.2) is 45.2 Å². The molecule has 1 fully saturated rings. The van der Waals surface area contributed by atoms with E-state index < -0.39 is 0 Å². The maximum atomic E-state index is 12.2. The third kappa shape index (κ3) is 3.53. The molecule has 1 atom stereocenters. The van der Waals surface area contributed by atoms with Crippen LogP contribution in [0.15, 0.2) is 42.9 Å². The normalized spacial score (nSPS) is 17.7. The molecule has 1 saturated heterocycles. The molecule has 0 unspecified atom stereocenters. The van der Waals surface area contributed by atoms with E-state index in [9.17, 15) is 4.79 Å². The molecule has 21 heavy (non-hydrogen) atoms. The Kier molecular flexibility index (Phi) is 4.04. The molecule has 0 saturated carbocycles. The van der Waals surface area contributed by atoms with Crippen LogP contribution in [0.3, 0.4) is 0 Å². The van der Waals surface area contributed by atoms with Crippen molar-refractivity contribution in [1.82, 2.24) is 20.1 Å². The molecular weight excluding hydrogens is 268 g/mol. The zero-order chi connectivity index (χ0) is 14.5. The molecule has 0 spiro atoms. The van der Waals surface area contributed by atoms with Crippen molar-refractivity contribution in [2.24, 2.45) is 0 Å². The minimum atomic E-state index is -0.0143. The fraction of sp³-hybridized carbons (Fsp3) is 0.333. The standard InChI is InChI=1S/C15H16N4O2/c20-15(9-12-3-1-6-16-10-12)19-8-5-13(11-19)21-14-4-2-7-17-18-14/h1-4,6-7,10,13H,5,8-9,11H2/t13-/m1/s1. The Labute approximate surface area is 122 Å². The monoisotopic (exact) mass is 284 g/mol. The van der Waals surface area contributed by atoms with E-state index in [0.717, 1.165) is 12.0 Å². The molecular formula is C15H16N4O2. The molecule has 0 aromatic carbocycles. The summed E-state index contributed by atoms with van der Waals surface area (Å²) in [5.41, 5.74) is 0.931. The second-order valence-electron chi connectivity index (χ2n) is 4.97. The molecule has 1 aliphatic rings. The van der Waals surface area contributed by atoms with Crippen LogP contribution in [0.5, 0.6) is 5.88 Å². The van der Waals surface area contributed by atoms with Crippen LogP contribution in [0, 0.1) is 0 Å². The van der Waals surface area contributed by atoms with Crippen LogP contribution in [-0.2, 0) is 11.2 Å². The molecule has 2 aromatic rings. The highest BCUT2D eigenvalue weighted by Crippen LogP contribution is 2.16. The van der Waals surface area contributed by atoms with Gasteiger partial charge in [0.2, 0.25) is 11.8 Å². The third-order valence-electron chi connectivity index (χ3n) is 3.41. The van der Waals surface area contributed by atoms with Gasteiger partial charge in [0.05, 0.1) is 13.0 Å². The van der Waals surface area contributed by atoms with Gasteiger partial charge in [-0.15, -0.1) is 5.10 Å². The maximum Gasteiger partial charge on any atom is 0.233 e. The Bertz CT molecular complexity index is 591. The first kappa shape index (κ1) is 13.5. The number of ether oxygens (including phenoxy) is 1. The highest BCUT2D eigenvalue weighted by molar-refractivity contribution is 5.79. The minimum Gasteiger partial charge on any atom is -0.471 e. The smallest absolute Gasteiger partial charge is 0.233 e. The van der Waals surface area contributed by atoms with Crippen molar-refractivity contribution < 1.29 is 9.53 Å². The summed E-state index contributed by atoms with van der Waals surface area (Å²) < 4.78 is 5.73. The molecule has 0 bridgehead atoms. The lowest BCUT2D eigenvalue weighted by molar-refractivity contribution is -0.129. The van der Waals surface area contributed by atoms with Crippen LogP contribution < -0.4 is 4.74 Å². The van der Waals surface area contributed by atoms with Crippen LogP contribution in [0.2, 0.25) is 0 Å². The van der Waals surface area contributed by atoms with Gasteiger partial charge in [-0.3, -0.25) is 9.78 Å². The SMILES string of the molecule is O=C(Cc1cccnc1)N1CC[C@@H](Oc2cccnn2)C1. The summed E-state index contributed by atoms with van der Waals surface area (Å²) in [6, 6.07) is 7.30. The first-order valence-corrected chi connectivity index (χ1v) is 6.92. The Balaban J connectivity index is 1.53. The zero-order valence-electron chi connectivity index (χ0n) is 11.6. The summed E-state index contributed by atoms with van der Waals surface area (Å²) in [5, 5.41) is 7.67. The summed E-state index contributed by atoms with van der Waals surface area (Å²) >= 11 is 0. The van der Waals surface area contributed by atoms with Gasteiger partial charge < -0.3 is 9.64 Å². The number of carbonyl (C=O) groups excluding carboxylic acids is 1. The third-order valence-corrected chi connectivity index (χ3v) is 3.41. The molecule has 108 valence electrons. The maximum absolute atomic E-state index is 12.2. The molecule has 3 rings (SSSR count). The highest BCUT2D eigenvalue weighted by atomic mass is 16.5. The molecule has 6 heteroatoms. The van der Waals surface area contributed by atoms with Crippen LogP contribution in [0.25, 0.3) is 0 Å². The summed E-state index contributed by atoms with van der Waals surface area (Å²) in [5.74, 6) is 0.609. The molecule has 0 radical (unpaired) electrons. The minimum absolute atomic E-state index is 0.0143. The van der Waals surface area contributed by atoms with Crippen LogP contribution in [0.1, 0.15) is 12.0 Å². The van der Waals surface area contributed by atoms with Crippen molar-refractivity contribution in [1.29, 1.82) is 0 Å². The average Bonchev–Trinajstić information content (AvgIpc) is 2.98. The number of rotatable bonds is 4. The van der Waals surface area contributed by atoms with Gasteiger partial charge in [0.25, 0.3) is 0 Å². The van der Waals surface area contributed by atoms with E-state index in [0.29, 0.717) is 25.4 Å². The van der Waals surface area contributed by atoms with Gasteiger partial charge >= 0.3 is 0 Å². The van der Waals surface area contributed by atoms with Gasteiger partial charge in [0, 0.05) is 37.6 Å². The average molecular weight is 284 g/mol. The molecule has 1 aliphatic heterocycles. The molecule has 6 nitrogen and oxygen atoms in total. The largest absolute Gasteiger partial charge is 0.471 e. The highest BCUT2D eigenvalue weighted by Gasteiger charge is 2.27. The van der Waals surface area contributed by atoms with E-state index in [1.54, 1.807) is 30.7 Å². The molecule has 0 N–H and O–H groups in total. The number of likely N-dealkylation sites (tertiary alicyclic amines) is 1. The van der Waals surface area contributed by atoms with Crippen LogP contribution in [0.4, 0.5) is 0 Å². The lowest BCUT2D eigenvalue weighted by Crippen LogP contribution is -2.32. The van der Waals surface area contributed by atoms with Crippen molar-refractivity contribution in [2.45, 2.75) is 18.9 Å². The fourth-order valence-electron chi connectivity index (χ4n) is 2.36. The van der Waals surface area contributed by atoms with E-state index >= 15 is 0 Å². The van der Waals surface area contributed by atoms with E-state index in [4.69, 9.17) is 4.74 Å². The summed E-state index contributed by atoms with van der Waals surface area (Å²) in [6.07, 6.45) is 6.21. The van der Waals surface area contributed by atoms with E-state index in [1.807, 2.05) is 17.0 Å². The van der Waals surface area contributed by atoms with Gasteiger partial charge in [0.15, 0.2) is 0 Å². The van der Waals surface area contributed by atoms with Crippen molar-refractivity contribution in [3.63, 3.8) is 0 Å². The topological polar surface area (TPSA) is 68.2 Å². The van der Waals surface area contributed by atoms with Crippen molar-refractivity contribution in [3.8, 4) is 5.88 Å². The Morgan fingerprint density at radius 1 is 1.33 bits per heavy atom. The van der Waals surface area contributed by atoms with Gasteiger partial charge in [-0.2, -0.15) is 5.10 Å². The Morgan fingerprint density at radius 3 is 3.00 bits per heavy atom. The number of hydrogen-bond acceptors (Lipinski definition) is 5. The predicted octanol–water partition coefficient (Wildman–Crippen LogP) is 1.09. The lowest BCUT2D eigenvalue weighted by atomic mass is 10.2. The first-order chi connectivity index (χ1) is 10.3. The fourth-order valence-corrected chi connectivity index (χ4v) is 2.36. The quantitative estimate of drug-likeness (QED) is 0.841. The summed E-state index contributed by atoms with van der Waals surface area (Å²) in [6.45, 7) is 1.31. The zero-order valence-corrected chi connectivity index (χ0v) is 11.6. The Hall–Kier alpha value is -2.50. The van der Waals surface area contributed by atoms with Crippen molar-refractivity contribution >= 4 is 5.91 Å². The van der Waals surface area contributed by atoms with Gasteiger partial charge in [-0.1, -0.05) is 6.07 Å². The second-order valence-corrected chi connectivity index (χ2v) is 4.97. The number of aromatic nitrogens is 3. The van der Waals surface area contributed by atoms with Gasteiger partial charge in [-0.25, -0.2) is 0 Å². The first-order valence-electron chi connectivity index (χ1n) is 6.92. The van der Waals surface area contributed by atoms with E-state index in [2.05, 4.69) is 15.2 Å². The lowest BCUT2D eigenvalue weighted by Gasteiger charge is -2.16. The molecule has 1 amide bonds. The molecule has 3 heterocycles. The number of nitrogens with zero attached hydrogens (tertiary/aromatic N) is 4. The van der Waals surface area contributed by atoms with Gasteiger partial charge in [-0.05, 0) is 17.7 Å². The number of hydrogen-bond donors (Lipinski definition) is 0.